The topological polar surface area (TPSA) is 46.4 Å². The van der Waals surface area contributed by atoms with Gasteiger partial charge < -0.3 is 10.3 Å². The minimum atomic E-state index is 0.413. The molecule has 2 aliphatic heterocycles. The summed E-state index contributed by atoms with van der Waals surface area (Å²) in [6.45, 7) is 3.63. The first-order valence-electron chi connectivity index (χ1n) is 4.99. The predicted molar refractivity (Wildman–Crippen MR) is 61.7 cm³/mol. The largest absolute Gasteiger partial charge is 0.754 e. The Labute approximate surface area is 93.7 Å². The third-order valence-corrected chi connectivity index (χ3v) is 2.55. The number of nitrogens with zero attached hydrogens (tertiary/aromatic N) is 2. The van der Waals surface area contributed by atoms with Crippen LogP contribution in [0.2, 0.25) is 0 Å². The molecule has 0 saturated carbocycles. The van der Waals surface area contributed by atoms with Crippen LogP contribution in [0.5, 0.6) is 0 Å². The van der Waals surface area contributed by atoms with Crippen LogP contribution < -0.4 is 0 Å². The van der Waals surface area contributed by atoms with E-state index in [4.69, 9.17) is 0 Å². The minimum Gasteiger partial charge on any atom is -0.754 e. The molecule has 0 aromatic heterocycles. The lowest BCUT2D eigenvalue weighted by atomic mass is 10.0. The average Bonchev–Trinajstić information content (AvgIpc) is 2.21. The Balaban J connectivity index is 2.60. The van der Waals surface area contributed by atoms with Crippen molar-refractivity contribution in [3.63, 3.8) is 0 Å². The number of allylic oxidation sites excluding steroid dienone is 6. The Bertz CT molecular complexity index is 493. The summed E-state index contributed by atoms with van der Waals surface area (Å²) in [5.41, 5.74) is 2.40. The van der Waals surface area contributed by atoms with Gasteiger partial charge in [0.05, 0.1) is 4.76 Å². The highest BCUT2D eigenvalue weighted by molar-refractivity contribution is 5.45. The molecule has 4 heteroatoms. The Morgan fingerprint density at radius 2 is 1.88 bits per heavy atom. The molecule has 0 radical (unpaired) electrons. The lowest BCUT2D eigenvalue weighted by Crippen LogP contribution is -2.19. The Morgan fingerprint density at radius 1 is 1.19 bits per heavy atom. The molecule has 0 fully saturated rings. The second-order valence-corrected chi connectivity index (χ2v) is 3.73. The molecule has 0 aromatic carbocycles. The van der Waals surface area contributed by atoms with E-state index in [-0.39, 0.29) is 0 Å². The molecular formula is C12H12N2O2. The lowest BCUT2D eigenvalue weighted by Gasteiger charge is -2.31. The van der Waals surface area contributed by atoms with Crippen LogP contribution in [-0.2, 0) is 0 Å². The van der Waals surface area contributed by atoms with E-state index in [2.05, 4.69) is 0 Å². The number of rotatable bonds is 0. The summed E-state index contributed by atoms with van der Waals surface area (Å²) in [6.07, 6.45) is 9.76. The lowest BCUT2D eigenvalue weighted by molar-refractivity contribution is -0.423. The highest BCUT2D eigenvalue weighted by Gasteiger charge is 2.27. The van der Waals surface area contributed by atoms with Gasteiger partial charge in [-0.3, -0.25) is 0 Å². The monoisotopic (exact) mass is 216 g/mol. The number of hydroxylamine groups is 2. The van der Waals surface area contributed by atoms with Gasteiger partial charge in [0.25, 0.3) is 5.70 Å². The Kier molecular flexibility index (Phi) is 2.58. The van der Waals surface area contributed by atoms with Gasteiger partial charge in [-0.25, -0.2) is 0 Å². The standard InChI is InChI=1S/C12H12N2O2/c1-9-5-3-7-13(15)11(9)12-10(2)6-4-8-14(12)16/h3-8H,1-2H3. The summed E-state index contributed by atoms with van der Waals surface area (Å²) in [7, 11) is 0. The third-order valence-electron chi connectivity index (χ3n) is 2.55. The van der Waals surface area contributed by atoms with Crippen molar-refractivity contribution < 1.29 is 4.76 Å². The maximum atomic E-state index is 11.7. The summed E-state index contributed by atoms with van der Waals surface area (Å²) in [4.78, 5) is 11.7. The van der Waals surface area contributed by atoms with E-state index >= 15 is 0 Å². The van der Waals surface area contributed by atoms with Crippen molar-refractivity contribution in [3.05, 3.63) is 69.4 Å². The number of hydrogen-bond donors (Lipinski definition) is 0. The molecule has 2 rings (SSSR count). The van der Waals surface area contributed by atoms with Gasteiger partial charge in [0, 0.05) is 16.6 Å². The molecule has 16 heavy (non-hydrogen) atoms. The van der Waals surface area contributed by atoms with E-state index in [0.29, 0.717) is 11.4 Å². The molecule has 0 atom stereocenters. The molecule has 0 amide bonds. The Hall–Kier alpha value is -1.94. The van der Waals surface area contributed by atoms with Crippen LogP contribution in [0.1, 0.15) is 13.8 Å². The molecule has 0 spiro atoms. The van der Waals surface area contributed by atoms with Crippen LogP contribution in [0, 0.1) is 10.1 Å². The maximum absolute atomic E-state index is 11.7. The predicted octanol–water partition coefficient (Wildman–Crippen LogP) is 2.72. The quantitative estimate of drug-likeness (QED) is 0.585. The van der Waals surface area contributed by atoms with E-state index in [0.717, 1.165) is 21.0 Å². The summed E-state index contributed by atoms with van der Waals surface area (Å²) >= 11 is 0. The fraction of sp³-hybridized carbons (Fsp3) is 0.167. The smallest absolute Gasteiger partial charge is 0.288 e. The first-order valence-corrected chi connectivity index (χ1v) is 4.99. The molecule has 2 heterocycles. The zero-order valence-electron chi connectivity index (χ0n) is 9.18. The fourth-order valence-electron chi connectivity index (χ4n) is 1.77. The third kappa shape index (κ3) is 1.63. The second-order valence-electron chi connectivity index (χ2n) is 3.73. The van der Waals surface area contributed by atoms with Crippen molar-refractivity contribution in [1.29, 1.82) is 0 Å². The minimum absolute atomic E-state index is 0.413. The van der Waals surface area contributed by atoms with Crippen molar-refractivity contribution in [3.8, 4) is 0 Å². The molecular weight excluding hydrogens is 204 g/mol. The fourth-order valence-corrected chi connectivity index (χ4v) is 1.77. The second kappa shape index (κ2) is 3.90. The molecule has 0 aliphatic carbocycles. The summed E-state index contributed by atoms with van der Waals surface area (Å²) in [5.74, 6) is 0. The van der Waals surface area contributed by atoms with Crippen molar-refractivity contribution >= 4 is 0 Å². The van der Waals surface area contributed by atoms with Gasteiger partial charge in [0.2, 0.25) is 6.20 Å². The molecule has 0 aromatic rings. The van der Waals surface area contributed by atoms with Gasteiger partial charge in [0.1, 0.15) is 5.70 Å². The zero-order chi connectivity index (χ0) is 11.7. The zero-order valence-corrected chi connectivity index (χ0v) is 9.18. The van der Waals surface area contributed by atoms with Crippen LogP contribution in [-0.4, -0.2) is 9.82 Å². The van der Waals surface area contributed by atoms with E-state index in [1.807, 2.05) is 26.0 Å². The molecule has 2 aliphatic rings. The Morgan fingerprint density at radius 3 is 2.50 bits per heavy atom. The average molecular weight is 216 g/mol. The first kappa shape index (κ1) is 10.6. The normalized spacial score (nSPS) is 24.7. The summed E-state index contributed by atoms with van der Waals surface area (Å²) in [6, 6.07) is 0. The van der Waals surface area contributed by atoms with Crippen LogP contribution in [0.4, 0.5) is 0 Å². The molecule has 82 valence electrons. The molecule has 0 saturated heterocycles. The van der Waals surface area contributed by atoms with Crippen molar-refractivity contribution in [2.24, 2.45) is 0 Å². The summed E-state index contributed by atoms with van der Waals surface area (Å²) in [5, 5.41) is 12.4. The molecule has 0 unspecified atom stereocenters. The maximum Gasteiger partial charge on any atom is 0.288 e. The van der Waals surface area contributed by atoms with Crippen LogP contribution in [0.25, 0.3) is 0 Å². The van der Waals surface area contributed by atoms with Crippen LogP contribution in [0.3, 0.4) is 0 Å². The number of hydrogen-bond acceptors (Lipinski definition) is 3. The number of nitroso groups, excluding NO2 is 1. The van der Waals surface area contributed by atoms with Crippen molar-refractivity contribution in [2.75, 3.05) is 0 Å². The molecule has 0 bridgehead atoms. The SMILES string of the molecule is CC1=CC=CN([O-])C1=C1C(C)=CC=C[N+]1=O. The van der Waals surface area contributed by atoms with Gasteiger partial charge in [-0.15, -0.1) is 0 Å². The van der Waals surface area contributed by atoms with E-state index in [1.165, 1.54) is 12.4 Å². The van der Waals surface area contributed by atoms with Crippen LogP contribution >= 0.6 is 0 Å². The van der Waals surface area contributed by atoms with Gasteiger partial charge >= 0.3 is 0 Å². The van der Waals surface area contributed by atoms with Crippen molar-refractivity contribution in [1.82, 2.24) is 5.06 Å². The van der Waals surface area contributed by atoms with E-state index in [9.17, 15) is 10.1 Å². The first-order chi connectivity index (χ1) is 7.61. The van der Waals surface area contributed by atoms with Crippen molar-refractivity contribution in [2.45, 2.75) is 13.8 Å². The summed E-state index contributed by atoms with van der Waals surface area (Å²) < 4.78 is 0.728. The van der Waals surface area contributed by atoms with E-state index < -0.39 is 0 Å². The van der Waals surface area contributed by atoms with Gasteiger partial charge in [-0.05, 0) is 37.8 Å². The van der Waals surface area contributed by atoms with Gasteiger partial charge in [-0.1, -0.05) is 6.08 Å². The van der Waals surface area contributed by atoms with Gasteiger partial charge in [0.15, 0.2) is 0 Å². The molecule has 0 N–H and O–H groups in total. The van der Waals surface area contributed by atoms with Gasteiger partial charge in [-0.2, -0.15) is 0 Å². The molecule has 4 nitrogen and oxygen atoms in total. The van der Waals surface area contributed by atoms with Crippen LogP contribution in [0.15, 0.2) is 59.2 Å². The highest BCUT2D eigenvalue weighted by Crippen LogP contribution is 2.28. The highest BCUT2D eigenvalue weighted by atomic mass is 16.5. The van der Waals surface area contributed by atoms with E-state index in [1.54, 1.807) is 12.2 Å².